The molecule has 1 aliphatic rings. The van der Waals surface area contributed by atoms with Gasteiger partial charge in [0.15, 0.2) is 6.29 Å². The van der Waals surface area contributed by atoms with Gasteiger partial charge in [-0.15, -0.1) is 0 Å². The summed E-state index contributed by atoms with van der Waals surface area (Å²) in [6.07, 6.45) is -1.23. The van der Waals surface area contributed by atoms with Crippen molar-refractivity contribution in [3.8, 4) is 0 Å². The average molecular weight is 277 g/mol. The second kappa shape index (κ2) is 3.58. The van der Waals surface area contributed by atoms with Crippen molar-refractivity contribution >= 4 is 15.9 Å². The molecule has 0 fully saturated rings. The van der Waals surface area contributed by atoms with E-state index in [0.717, 1.165) is 4.57 Å². The van der Waals surface area contributed by atoms with E-state index in [1.54, 1.807) is 0 Å². The Kier molecular flexibility index (Phi) is 2.53. The van der Waals surface area contributed by atoms with Crippen LogP contribution in [0.25, 0.3) is 0 Å². The van der Waals surface area contributed by atoms with Gasteiger partial charge in [0, 0.05) is 7.05 Å². The van der Waals surface area contributed by atoms with Crippen LogP contribution in [-0.2, 0) is 18.3 Å². The Labute approximate surface area is 92.8 Å². The summed E-state index contributed by atoms with van der Waals surface area (Å²) in [7, 11) is 1.39. The first-order valence-corrected chi connectivity index (χ1v) is 5.12. The SMILES string of the molecule is Cn1c(=O)c(Br)c2n(c1=O)CCOC2O. The number of halogens is 1. The van der Waals surface area contributed by atoms with Crippen LogP contribution in [0.4, 0.5) is 0 Å². The fourth-order valence-electron chi connectivity index (χ4n) is 1.54. The number of fused-ring (bicyclic) bond motifs is 1. The molecule has 1 atom stereocenters. The monoisotopic (exact) mass is 276 g/mol. The third kappa shape index (κ3) is 1.47. The molecule has 6 nitrogen and oxygen atoms in total. The summed E-state index contributed by atoms with van der Waals surface area (Å²) >= 11 is 3.06. The molecule has 0 aromatic carbocycles. The molecule has 15 heavy (non-hydrogen) atoms. The third-order valence-electron chi connectivity index (χ3n) is 2.35. The summed E-state index contributed by atoms with van der Waals surface area (Å²) in [5.41, 5.74) is -0.731. The molecule has 1 aromatic rings. The molecule has 0 amide bonds. The highest BCUT2D eigenvalue weighted by Gasteiger charge is 2.25. The highest BCUT2D eigenvalue weighted by atomic mass is 79.9. The summed E-state index contributed by atoms with van der Waals surface area (Å²) in [6.45, 7) is 0.580. The van der Waals surface area contributed by atoms with Gasteiger partial charge in [-0.1, -0.05) is 0 Å². The summed E-state index contributed by atoms with van der Waals surface area (Å²) in [5, 5.41) is 9.52. The Balaban J connectivity index is 2.87. The van der Waals surface area contributed by atoms with Crippen molar-refractivity contribution in [2.45, 2.75) is 12.8 Å². The quantitative estimate of drug-likeness (QED) is 0.682. The van der Waals surface area contributed by atoms with Crippen molar-refractivity contribution in [1.82, 2.24) is 9.13 Å². The maximum absolute atomic E-state index is 11.7. The molecule has 7 heteroatoms. The number of aromatic nitrogens is 2. The van der Waals surface area contributed by atoms with Gasteiger partial charge < -0.3 is 9.84 Å². The Hall–Kier alpha value is -0.920. The second-order valence-corrected chi connectivity index (χ2v) is 4.01. The minimum Gasteiger partial charge on any atom is -0.363 e. The van der Waals surface area contributed by atoms with Crippen LogP contribution in [0.1, 0.15) is 12.0 Å². The molecular weight excluding hydrogens is 268 g/mol. The summed E-state index contributed by atoms with van der Waals surface area (Å²) in [5.74, 6) is 0. The topological polar surface area (TPSA) is 73.5 Å². The molecule has 2 heterocycles. The lowest BCUT2D eigenvalue weighted by Gasteiger charge is -2.24. The van der Waals surface area contributed by atoms with Crippen LogP contribution >= 0.6 is 15.9 Å². The van der Waals surface area contributed by atoms with Crippen molar-refractivity contribution < 1.29 is 9.84 Å². The maximum Gasteiger partial charge on any atom is 0.331 e. The molecule has 1 aromatic heterocycles. The molecule has 1 N–H and O–H groups in total. The lowest BCUT2D eigenvalue weighted by atomic mass is 10.3. The zero-order valence-corrected chi connectivity index (χ0v) is 9.52. The van der Waals surface area contributed by atoms with Crippen LogP contribution in [0, 0.1) is 0 Å². The zero-order valence-electron chi connectivity index (χ0n) is 7.94. The molecule has 0 bridgehead atoms. The number of rotatable bonds is 0. The van der Waals surface area contributed by atoms with Gasteiger partial charge in [0.1, 0.15) is 4.47 Å². The Bertz CT molecular complexity index is 519. The van der Waals surface area contributed by atoms with Gasteiger partial charge in [0.2, 0.25) is 0 Å². The van der Waals surface area contributed by atoms with Crippen molar-refractivity contribution in [3.05, 3.63) is 31.0 Å². The molecule has 0 saturated heterocycles. The lowest BCUT2D eigenvalue weighted by molar-refractivity contribution is -0.126. The second-order valence-electron chi connectivity index (χ2n) is 3.22. The Morgan fingerprint density at radius 3 is 2.87 bits per heavy atom. The van der Waals surface area contributed by atoms with Crippen LogP contribution in [0.15, 0.2) is 14.1 Å². The van der Waals surface area contributed by atoms with E-state index in [1.807, 2.05) is 0 Å². The molecule has 82 valence electrons. The fraction of sp³-hybridized carbons (Fsp3) is 0.500. The van der Waals surface area contributed by atoms with Crippen molar-refractivity contribution in [3.63, 3.8) is 0 Å². The van der Waals surface area contributed by atoms with Gasteiger partial charge in [-0.05, 0) is 15.9 Å². The van der Waals surface area contributed by atoms with Crippen LogP contribution < -0.4 is 11.2 Å². The van der Waals surface area contributed by atoms with E-state index < -0.39 is 17.5 Å². The van der Waals surface area contributed by atoms with E-state index in [1.165, 1.54) is 11.6 Å². The largest absolute Gasteiger partial charge is 0.363 e. The van der Waals surface area contributed by atoms with Gasteiger partial charge in [0.25, 0.3) is 5.56 Å². The summed E-state index contributed by atoms with van der Waals surface area (Å²) in [6, 6.07) is 0. The first-order valence-electron chi connectivity index (χ1n) is 4.33. The molecule has 2 rings (SSSR count). The fourth-order valence-corrected chi connectivity index (χ4v) is 2.21. The van der Waals surface area contributed by atoms with E-state index in [2.05, 4.69) is 15.9 Å². The van der Waals surface area contributed by atoms with Crippen molar-refractivity contribution in [2.24, 2.45) is 7.05 Å². The van der Waals surface area contributed by atoms with Crippen molar-refractivity contribution in [1.29, 1.82) is 0 Å². The molecule has 1 unspecified atom stereocenters. The molecule has 0 radical (unpaired) electrons. The van der Waals surface area contributed by atoms with E-state index in [9.17, 15) is 14.7 Å². The number of ether oxygens (including phenoxy) is 1. The first-order chi connectivity index (χ1) is 7.04. The van der Waals surface area contributed by atoms with Crippen LogP contribution in [0.3, 0.4) is 0 Å². The summed E-state index contributed by atoms with van der Waals surface area (Å²) < 4.78 is 7.44. The highest BCUT2D eigenvalue weighted by molar-refractivity contribution is 9.10. The Morgan fingerprint density at radius 2 is 2.20 bits per heavy atom. The van der Waals surface area contributed by atoms with Crippen molar-refractivity contribution in [2.75, 3.05) is 6.61 Å². The lowest BCUT2D eigenvalue weighted by Crippen LogP contribution is -2.44. The number of aliphatic hydroxyl groups excluding tert-OH is 1. The van der Waals surface area contributed by atoms with Gasteiger partial charge in [0.05, 0.1) is 18.8 Å². The first kappa shape index (κ1) is 10.6. The maximum atomic E-state index is 11.7. The zero-order chi connectivity index (χ0) is 11.2. The molecule has 1 aliphatic heterocycles. The number of aliphatic hydroxyl groups is 1. The predicted octanol–water partition coefficient (Wildman–Crippen LogP) is -0.669. The average Bonchev–Trinajstić information content (AvgIpc) is 2.23. The van der Waals surface area contributed by atoms with Crippen LogP contribution in [0.2, 0.25) is 0 Å². The molecule has 0 aliphatic carbocycles. The van der Waals surface area contributed by atoms with E-state index in [4.69, 9.17) is 4.74 Å². The van der Waals surface area contributed by atoms with Crippen LogP contribution in [0.5, 0.6) is 0 Å². The van der Waals surface area contributed by atoms with Gasteiger partial charge >= 0.3 is 5.69 Å². The van der Waals surface area contributed by atoms with Gasteiger partial charge in [-0.3, -0.25) is 13.9 Å². The van der Waals surface area contributed by atoms with E-state index in [-0.39, 0.29) is 16.8 Å². The normalized spacial score (nSPS) is 20.1. The van der Waals surface area contributed by atoms with Gasteiger partial charge in [-0.25, -0.2) is 4.79 Å². The molecule has 0 spiro atoms. The molecule has 0 saturated carbocycles. The van der Waals surface area contributed by atoms with E-state index in [0.29, 0.717) is 6.54 Å². The third-order valence-corrected chi connectivity index (χ3v) is 3.10. The minimum absolute atomic E-state index is 0.164. The molecular formula is C8H9BrN2O4. The number of nitrogens with zero attached hydrogens (tertiary/aromatic N) is 2. The number of hydrogen-bond acceptors (Lipinski definition) is 4. The standard InChI is InChI=1S/C8H9BrN2O4/c1-10-6(12)4(9)5-7(13)15-3-2-11(5)8(10)14/h7,13H,2-3H2,1H3. The smallest absolute Gasteiger partial charge is 0.331 e. The number of hydrogen-bond donors (Lipinski definition) is 1. The predicted molar refractivity (Wildman–Crippen MR) is 54.6 cm³/mol. The van der Waals surface area contributed by atoms with Gasteiger partial charge in [-0.2, -0.15) is 0 Å². The van der Waals surface area contributed by atoms with Crippen LogP contribution in [-0.4, -0.2) is 20.8 Å². The summed E-state index contributed by atoms with van der Waals surface area (Å²) in [4.78, 5) is 23.2. The highest BCUT2D eigenvalue weighted by Crippen LogP contribution is 2.22. The minimum atomic E-state index is -1.23. The van der Waals surface area contributed by atoms with E-state index >= 15 is 0 Å². The Morgan fingerprint density at radius 1 is 1.53 bits per heavy atom.